The molecule has 114 valence electrons. The number of Topliss-reactive ketones (excluding diaryl/α,β-unsaturated/α-hetero) is 1. The van der Waals surface area contributed by atoms with E-state index in [1.54, 1.807) is 25.1 Å². The Balaban J connectivity index is 2.99. The third kappa shape index (κ3) is 4.59. The molecule has 0 bridgehead atoms. The maximum atomic E-state index is 12.2. The maximum Gasteiger partial charge on any atom is 0.323 e. The topological polar surface area (TPSA) is 83.9 Å². The molecule has 1 N–H and O–H groups in total. The maximum absolute atomic E-state index is 12.2. The van der Waals surface area contributed by atoms with Crippen molar-refractivity contribution in [2.24, 2.45) is 0 Å². The van der Waals surface area contributed by atoms with Gasteiger partial charge in [-0.3, -0.25) is 14.4 Å². The summed E-state index contributed by atoms with van der Waals surface area (Å²) in [5.74, 6) is -0.988. The number of ether oxygens (including phenoxy) is 1. The van der Waals surface area contributed by atoms with Gasteiger partial charge in [-0.2, -0.15) is 0 Å². The number of ketones is 1. The van der Waals surface area contributed by atoms with Crippen molar-refractivity contribution in [2.75, 3.05) is 20.2 Å². The van der Waals surface area contributed by atoms with Crippen molar-refractivity contribution < 1.29 is 24.2 Å². The van der Waals surface area contributed by atoms with Crippen LogP contribution in [0.2, 0.25) is 0 Å². The summed E-state index contributed by atoms with van der Waals surface area (Å²) < 4.78 is 5.18. The molecule has 0 radical (unpaired) electrons. The van der Waals surface area contributed by atoms with Crippen LogP contribution < -0.4 is 4.74 Å². The first kappa shape index (κ1) is 16.7. The van der Waals surface area contributed by atoms with Crippen molar-refractivity contribution in [1.29, 1.82) is 0 Å². The number of rotatable bonds is 7. The van der Waals surface area contributed by atoms with Gasteiger partial charge in [0.25, 0.3) is 0 Å². The lowest BCUT2D eigenvalue weighted by atomic mass is 10.0. The molecule has 6 heteroatoms. The van der Waals surface area contributed by atoms with Crippen LogP contribution in [0, 0.1) is 0 Å². The fourth-order valence-corrected chi connectivity index (χ4v) is 1.95. The largest absolute Gasteiger partial charge is 0.496 e. The molecule has 0 unspecified atom stereocenters. The number of hydrogen-bond acceptors (Lipinski definition) is 4. The van der Waals surface area contributed by atoms with E-state index in [0.717, 1.165) is 0 Å². The Morgan fingerprint density at radius 2 is 1.95 bits per heavy atom. The average Bonchev–Trinajstić information content (AvgIpc) is 2.44. The molecule has 0 saturated carbocycles. The summed E-state index contributed by atoms with van der Waals surface area (Å²) in [6, 6.07) is 4.87. The fourth-order valence-electron chi connectivity index (χ4n) is 1.95. The molecule has 0 fully saturated rings. The third-order valence-electron chi connectivity index (χ3n) is 3.09. The Bertz CT molecular complexity index is 553. The molecule has 1 aromatic carbocycles. The Morgan fingerprint density at radius 1 is 1.29 bits per heavy atom. The van der Waals surface area contributed by atoms with Gasteiger partial charge in [-0.05, 0) is 32.0 Å². The highest BCUT2D eigenvalue weighted by atomic mass is 16.5. The van der Waals surface area contributed by atoms with Crippen molar-refractivity contribution in [2.45, 2.75) is 20.3 Å². The summed E-state index contributed by atoms with van der Waals surface area (Å²) in [5.41, 5.74) is 1.05. The predicted octanol–water partition coefficient (Wildman–Crippen LogP) is 1.37. The second-order valence-corrected chi connectivity index (χ2v) is 4.56. The van der Waals surface area contributed by atoms with Crippen molar-refractivity contribution in [3.05, 3.63) is 29.3 Å². The summed E-state index contributed by atoms with van der Waals surface area (Å²) in [6.07, 6.45) is -0.00852. The summed E-state index contributed by atoms with van der Waals surface area (Å²) in [4.78, 5) is 35.5. The van der Waals surface area contributed by atoms with Crippen LogP contribution in [0.25, 0.3) is 0 Å². The predicted molar refractivity (Wildman–Crippen MR) is 76.6 cm³/mol. The Morgan fingerprint density at radius 3 is 2.43 bits per heavy atom. The Labute approximate surface area is 123 Å². The number of methoxy groups -OCH3 is 1. The number of amides is 1. The van der Waals surface area contributed by atoms with E-state index in [1.807, 2.05) is 0 Å². The molecule has 1 aromatic rings. The van der Waals surface area contributed by atoms with E-state index in [4.69, 9.17) is 9.84 Å². The van der Waals surface area contributed by atoms with Crippen molar-refractivity contribution >= 4 is 17.7 Å². The van der Waals surface area contributed by atoms with Gasteiger partial charge in [0.05, 0.1) is 13.5 Å². The zero-order valence-electron chi connectivity index (χ0n) is 12.4. The minimum Gasteiger partial charge on any atom is -0.496 e. The van der Waals surface area contributed by atoms with Gasteiger partial charge in [-0.1, -0.05) is 0 Å². The molecule has 0 aliphatic heterocycles. The van der Waals surface area contributed by atoms with Crippen LogP contribution in [0.5, 0.6) is 5.75 Å². The number of likely N-dealkylation sites (N-methyl/N-ethyl adjacent to an activating group) is 1. The molecule has 0 spiro atoms. The van der Waals surface area contributed by atoms with Gasteiger partial charge in [-0.15, -0.1) is 0 Å². The average molecular weight is 293 g/mol. The van der Waals surface area contributed by atoms with Crippen LogP contribution in [-0.4, -0.2) is 47.9 Å². The fraction of sp³-hybridized carbons (Fsp3) is 0.400. The van der Waals surface area contributed by atoms with Gasteiger partial charge in [-0.25, -0.2) is 0 Å². The van der Waals surface area contributed by atoms with E-state index < -0.39 is 5.97 Å². The van der Waals surface area contributed by atoms with E-state index in [0.29, 0.717) is 23.4 Å². The number of carboxylic acid groups (broad SMARTS) is 1. The third-order valence-corrected chi connectivity index (χ3v) is 3.09. The van der Waals surface area contributed by atoms with Crippen molar-refractivity contribution in [3.63, 3.8) is 0 Å². The number of carbonyl (C=O) groups excluding carboxylic acids is 2. The highest BCUT2D eigenvalue weighted by Crippen LogP contribution is 2.21. The van der Waals surface area contributed by atoms with E-state index >= 15 is 0 Å². The van der Waals surface area contributed by atoms with Gasteiger partial charge in [0.2, 0.25) is 5.91 Å². The van der Waals surface area contributed by atoms with E-state index in [-0.39, 0.29) is 24.7 Å². The van der Waals surface area contributed by atoms with Crippen LogP contribution in [0.1, 0.15) is 29.8 Å². The minimum absolute atomic E-state index is 0.00852. The van der Waals surface area contributed by atoms with Crippen molar-refractivity contribution in [1.82, 2.24) is 4.90 Å². The first-order chi connectivity index (χ1) is 9.88. The summed E-state index contributed by atoms with van der Waals surface area (Å²) in [6.45, 7) is 3.12. The first-order valence-corrected chi connectivity index (χ1v) is 6.56. The van der Waals surface area contributed by atoms with Crippen LogP contribution in [0.15, 0.2) is 18.2 Å². The van der Waals surface area contributed by atoms with E-state index in [1.165, 1.54) is 18.9 Å². The Hall–Kier alpha value is -2.37. The van der Waals surface area contributed by atoms with Crippen LogP contribution >= 0.6 is 0 Å². The molecular weight excluding hydrogens is 274 g/mol. The van der Waals surface area contributed by atoms with Gasteiger partial charge in [0.1, 0.15) is 12.3 Å². The quantitative estimate of drug-likeness (QED) is 0.768. The number of hydrogen-bond donors (Lipinski definition) is 1. The van der Waals surface area contributed by atoms with Crippen LogP contribution in [0.3, 0.4) is 0 Å². The molecule has 6 nitrogen and oxygen atoms in total. The summed E-state index contributed by atoms with van der Waals surface area (Å²) >= 11 is 0. The number of carbonyl (C=O) groups is 3. The zero-order chi connectivity index (χ0) is 16.0. The molecule has 0 aliphatic rings. The smallest absolute Gasteiger partial charge is 0.323 e. The molecule has 0 aliphatic carbocycles. The van der Waals surface area contributed by atoms with Crippen LogP contribution in [-0.2, 0) is 16.0 Å². The first-order valence-electron chi connectivity index (χ1n) is 6.56. The highest BCUT2D eigenvalue weighted by Gasteiger charge is 2.18. The number of aliphatic carboxylic acids is 1. The molecular formula is C15H19NO5. The highest BCUT2D eigenvalue weighted by molar-refractivity contribution is 5.94. The SMILES string of the molecule is CCN(CC(=O)O)C(=O)Cc1cc(C(C)=O)ccc1OC. The minimum atomic E-state index is -1.06. The van der Waals surface area contributed by atoms with Gasteiger partial charge < -0.3 is 14.7 Å². The molecule has 0 heterocycles. The lowest BCUT2D eigenvalue weighted by Crippen LogP contribution is -2.36. The standard InChI is InChI=1S/C15H19NO5/c1-4-16(9-15(19)20)14(18)8-12-7-11(10(2)17)5-6-13(12)21-3/h5-7H,4,8-9H2,1-3H3,(H,19,20). The van der Waals surface area contributed by atoms with Crippen molar-refractivity contribution in [3.8, 4) is 5.75 Å². The van der Waals surface area contributed by atoms with E-state index in [2.05, 4.69) is 0 Å². The van der Waals surface area contributed by atoms with Gasteiger partial charge in [0, 0.05) is 17.7 Å². The number of nitrogens with zero attached hydrogens (tertiary/aromatic N) is 1. The lowest BCUT2D eigenvalue weighted by Gasteiger charge is -2.19. The molecule has 0 saturated heterocycles. The molecule has 0 aromatic heterocycles. The number of carboxylic acids is 1. The molecule has 21 heavy (non-hydrogen) atoms. The Kier molecular flexibility index (Phi) is 5.90. The summed E-state index contributed by atoms with van der Waals surface area (Å²) in [5, 5.41) is 8.78. The second-order valence-electron chi connectivity index (χ2n) is 4.56. The van der Waals surface area contributed by atoms with Crippen LogP contribution in [0.4, 0.5) is 0 Å². The van der Waals surface area contributed by atoms with Gasteiger partial charge >= 0.3 is 5.97 Å². The van der Waals surface area contributed by atoms with Gasteiger partial charge in [0.15, 0.2) is 5.78 Å². The monoisotopic (exact) mass is 293 g/mol. The molecule has 1 rings (SSSR count). The number of benzene rings is 1. The normalized spacial score (nSPS) is 10.0. The zero-order valence-corrected chi connectivity index (χ0v) is 12.4. The molecule has 0 atom stereocenters. The van der Waals surface area contributed by atoms with E-state index in [9.17, 15) is 14.4 Å². The second kappa shape index (κ2) is 7.42. The molecule has 1 amide bonds. The lowest BCUT2D eigenvalue weighted by molar-refractivity contribution is -0.144. The summed E-state index contributed by atoms with van der Waals surface area (Å²) in [7, 11) is 1.48.